The average molecular weight is 298 g/mol. The lowest BCUT2D eigenvalue weighted by Gasteiger charge is -2.43. The normalized spacial score (nSPS) is 41.7. The molecule has 7 heteroatoms. The van der Waals surface area contributed by atoms with Crippen molar-refractivity contribution in [2.24, 2.45) is 23.2 Å². The molecule has 0 aromatic heterocycles. The molecule has 2 fully saturated rings. The predicted molar refractivity (Wildman–Crippen MR) is 63.7 cm³/mol. The maximum atomic E-state index is 13.3. The van der Waals surface area contributed by atoms with Gasteiger partial charge in [0.1, 0.15) is 6.10 Å². The summed E-state index contributed by atoms with van der Waals surface area (Å²) in [5.74, 6) is -1.28. The zero-order valence-electron chi connectivity index (χ0n) is 11.5. The molecular formula is C13H21F3O4. The molecule has 3 N–H and O–H groups in total. The van der Waals surface area contributed by atoms with Gasteiger partial charge >= 0.3 is 6.18 Å². The molecule has 0 aromatic carbocycles. The highest BCUT2D eigenvalue weighted by Gasteiger charge is 2.63. The van der Waals surface area contributed by atoms with Crippen LogP contribution in [-0.2, 0) is 4.89 Å². The van der Waals surface area contributed by atoms with Gasteiger partial charge in [-0.05, 0) is 43.9 Å². The Labute approximate surface area is 115 Å². The van der Waals surface area contributed by atoms with Gasteiger partial charge in [0.05, 0.1) is 17.6 Å². The van der Waals surface area contributed by atoms with Crippen LogP contribution in [0.3, 0.4) is 0 Å². The number of hydrogen-bond acceptors (Lipinski definition) is 4. The van der Waals surface area contributed by atoms with Crippen LogP contribution in [0.1, 0.15) is 33.1 Å². The molecule has 2 aliphatic rings. The van der Waals surface area contributed by atoms with E-state index in [0.29, 0.717) is 12.8 Å². The van der Waals surface area contributed by atoms with Gasteiger partial charge < -0.3 is 10.2 Å². The molecule has 0 aromatic rings. The molecule has 0 amide bonds. The summed E-state index contributed by atoms with van der Waals surface area (Å²) in [5, 5.41) is 28.6. The summed E-state index contributed by atoms with van der Waals surface area (Å²) in [5.41, 5.74) is -2.18. The third kappa shape index (κ3) is 2.15. The molecule has 2 saturated carbocycles. The molecule has 7 atom stereocenters. The van der Waals surface area contributed by atoms with Crippen LogP contribution in [0, 0.1) is 23.2 Å². The summed E-state index contributed by atoms with van der Waals surface area (Å²) < 4.78 is 39.9. The Morgan fingerprint density at radius 3 is 2.15 bits per heavy atom. The second-order valence-electron chi connectivity index (χ2n) is 6.34. The van der Waals surface area contributed by atoms with E-state index in [0.717, 1.165) is 6.92 Å². The second kappa shape index (κ2) is 5.12. The van der Waals surface area contributed by atoms with Gasteiger partial charge in [-0.2, -0.15) is 13.2 Å². The molecule has 2 rings (SSSR count). The monoisotopic (exact) mass is 298 g/mol. The second-order valence-corrected chi connectivity index (χ2v) is 6.34. The Bertz CT molecular complexity index is 360. The molecule has 0 radical (unpaired) electrons. The van der Waals surface area contributed by atoms with Crippen molar-refractivity contribution in [2.45, 2.75) is 57.6 Å². The Balaban J connectivity index is 2.26. The molecule has 118 valence electrons. The molecule has 0 saturated heterocycles. The molecule has 0 aliphatic heterocycles. The summed E-state index contributed by atoms with van der Waals surface area (Å²) in [6.45, 7) is 2.43. The zero-order chi connectivity index (χ0) is 15.3. The number of halogens is 3. The van der Waals surface area contributed by atoms with E-state index in [4.69, 9.17) is 5.26 Å². The van der Waals surface area contributed by atoms with Crippen molar-refractivity contribution in [3.8, 4) is 0 Å². The number of alkyl halides is 3. The standard InChI is InChI=1S/C13H21F3O4/c1-3-12(2,13(14,15)16)11(20-19)8-5-6-4-7(8)10(18)9(6)17/h6-11,17-19H,3-5H2,1-2H3. The zero-order valence-corrected chi connectivity index (χ0v) is 11.5. The van der Waals surface area contributed by atoms with Crippen LogP contribution in [0.2, 0.25) is 0 Å². The van der Waals surface area contributed by atoms with Gasteiger partial charge in [0, 0.05) is 0 Å². The van der Waals surface area contributed by atoms with E-state index < -0.39 is 41.7 Å². The predicted octanol–water partition coefficient (Wildman–Crippen LogP) is 2.20. The summed E-state index contributed by atoms with van der Waals surface area (Å²) in [6, 6.07) is 0. The summed E-state index contributed by atoms with van der Waals surface area (Å²) in [4.78, 5) is 4.24. The topological polar surface area (TPSA) is 69.9 Å². The molecule has 0 spiro atoms. The Morgan fingerprint density at radius 2 is 1.80 bits per heavy atom. The first-order chi connectivity index (χ1) is 9.17. The smallest absolute Gasteiger partial charge is 0.390 e. The Morgan fingerprint density at radius 1 is 1.20 bits per heavy atom. The van der Waals surface area contributed by atoms with Crippen molar-refractivity contribution in [1.82, 2.24) is 0 Å². The Hall–Kier alpha value is -0.370. The van der Waals surface area contributed by atoms with Crippen LogP contribution in [0.15, 0.2) is 0 Å². The fourth-order valence-corrected chi connectivity index (χ4v) is 3.93. The van der Waals surface area contributed by atoms with Crippen molar-refractivity contribution in [3.63, 3.8) is 0 Å². The van der Waals surface area contributed by atoms with Gasteiger partial charge in [-0.15, -0.1) is 0 Å². The lowest BCUT2D eigenvalue weighted by atomic mass is 9.69. The largest absolute Gasteiger partial charge is 0.396 e. The van der Waals surface area contributed by atoms with Crippen molar-refractivity contribution in [2.75, 3.05) is 0 Å². The van der Waals surface area contributed by atoms with E-state index in [1.54, 1.807) is 0 Å². The van der Waals surface area contributed by atoms with Gasteiger partial charge in [-0.1, -0.05) is 6.92 Å². The molecule has 7 unspecified atom stereocenters. The van der Waals surface area contributed by atoms with Crippen molar-refractivity contribution >= 4 is 0 Å². The summed E-state index contributed by atoms with van der Waals surface area (Å²) in [6.07, 6.45) is -7.27. The lowest BCUT2D eigenvalue weighted by Crippen LogP contribution is -2.53. The molecule has 20 heavy (non-hydrogen) atoms. The van der Waals surface area contributed by atoms with Crippen molar-refractivity contribution < 1.29 is 33.5 Å². The minimum Gasteiger partial charge on any atom is -0.390 e. The van der Waals surface area contributed by atoms with Crippen molar-refractivity contribution in [3.05, 3.63) is 0 Å². The minimum absolute atomic E-state index is 0.216. The highest BCUT2D eigenvalue weighted by Crippen LogP contribution is 2.56. The fraction of sp³-hybridized carbons (Fsp3) is 1.00. The molecule has 0 heterocycles. The van der Waals surface area contributed by atoms with Gasteiger partial charge in [0.2, 0.25) is 0 Å². The SMILES string of the molecule is CCC(C)(C(OO)C1CC2CC1C(O)C2O)C(F)(F)F. The van der Waals surface area contributed by atoms with Crippen LogP contribution >= 0.6 is 0 Å². The fourth-order valence-electron chi connectivity index (χ4n) is 3.93. The average Bonchev–Trinajstić information content (AvgIpc) is 2.90. The van der Waals surface area contributed by atoms with E-state index >= 15 is 0 Å². The van der Waals surface area contributed by atoms with E-state index in [-0.39, 0.29) is 12.3 Å². The first-order valence-electron chi connectivity index (χ1n) is 6.90. The number of aliphatic hydroxyl groups is 2. The minimum atomic E-state index is -4.51. The first kappa shape index (κ1) is 16.0. The molecule has 2 aliphatic carbocycles. The van der Waals surface area contributed by atoms with Crippen molar-refractivity contribution in [1.29, 1.82) is 0 Å². The van der Waals surface area contributed by atoms with Gasteiger partial charge in [-0.25, -0.2) is 4.89 Å². The van der Waals surface area contributed by atoms with Gasteiger partial charge in [0.15, 0.2) is 0 Å². The van der Waals surface area contributed by atoms with Crippen LogP contribution in [0.5, 0.6) is 0 Å². The Kier molecular flexibility index (Phi) is 4.10. The van der Waals surface area contributed by atoms with Crippen LogP contribution in [-0.4, -0.2) is 40.0 Å². The highest BCUT2D eigenvalue weighted by molar-refractivity contribution is 5.06. The lowest BCUT2D eigenvalue weighted by molar-refractivity contribution is -0.362. The number of rotatable bonds is 4. The van der Waals surface area contributed by atoms with Crippen LogP contribution in [0.25, 0.3) is 0 Å². The van der Waals surface area contributed by atoms with E-state index in [9.17, 15) is 23.4 Å². The first-order valence-corrected chi connectivity index (χ1v) is 6.90. The third-order valence-electron chi connectivity index (χ3n) is 5.48. The molecule has 4 nitrogen and oxygen atoms in total. The highest BCUT2D eigenvalue weighted by atomic mass is 19.4. The van der Waals surface area contributed by atoms with Gasteiger partial charge in [-0.3, -0.25) is 5.26 Å². The molecular weight excluding hydrogens is 277 g/mol. The number of aliphatic hydroxyl groups excluding tert-OH is 2. The quantitative estimate of drug-likeness (QED) is 0.550. The number of fused-ring (bicyclic) bond motifs is 2. The summed E-state index contributed by atoms with van der Waals surface area (Å²) >= 11 is 0. The maximum Gasteiger partial charge on any atom is 0.396 e. The van der Waals surface area contributed by atoms with E-state index in [1.807, 2.05) is 0 Å². The van der Waals surface area contributed by atoms with Crippen LogP contribution < -0.4 is 0 Å². The van der Waals surface area contributed by atoms with E-state index in [1.165, 1.54) is 6.92 Å². The van der Waals surface area contributed by atoms with Gasteiger partial charge in [0.25, 0.3) is 0 Å². The van der Waals surface area contributed by atoms with Crippen LogP contribution in [0.4, 0.5) is 13.2 Å². The molecule has 2 bridgehead atoms. The van der Waals surface area contributed by atoms with E-state index in [2.05, 4.69) is 4.89 Å². The third-order valence-corrected chi connectivity index (χ3v) is 5.48. The summed E-state index contributed by atoms with van der Waals surface area (Å²) in [7, 11) is 0. The maximum absolute atomic E-state index is 13.3. The number of hydrogen-bond donors (Lipinski definition) is 3.